The standard InChI is InChI=1S/C19H23N3/c1-13-5-3-8-17(14(13)2)18(19-11-21-12-22-19)10-15-6-4-7-16(20)9-15/h4,6-9,11-12,18H,3,5,10,20H2,1-2H3,(H,21,22). The summed E-state index contributed by atoms with van der Waals surface area (Å²) >= 11 is 0. The molecule has 0 spiro atoms. The van der Waals surface area contributed by atoms with Crippen LogP contribution in [-0.2, 0) is 6.42 Å². The fourth-order valence-electron chi connectivity index (χ4n) is 3.24. The number of nitrogens with one attached hydrogen (secondary N) is 1. The van der Waals surface area contributed by atoms with Crippen molar-refractivity contribution in [1.82, 2.24) is 9.97 Å². The van der Waals surface area contributed by atoms with Crippen LogP contribution in [0.4, 0.5) is 5.69 Å². The van der Waals surface area contributed by atoms with Crippen LogP contribution < -0.4 is 5.73 Å². The Balaban J connectivity index is 1.97. The molecule has 22 heavy (non-hydrogen) atoms. The van der Waals surface area contributed by atoms with Crippen LogP contribution in [0.1, 0.15) is 43.9 Å². The highest BCUT2D eigenvalue weighted by molar-refractivity contribution is 5.46. The van der Waals surface area contributed by atoms with Gasteiger partial charge in [-0.15, -0.1) is 0 Å². The number of imidazole rings is 1. The van der Waals surface area contributed by atoms with E-state index in [9.17, 15) is 0 Å². The summed E-state index contributed by atoms with van der Waals surface area (Å²) in [5, 5.41) is 0. The van der Waals surface area contributed by atoms with Gasteiger partial charge in [-0.2, -0.15) is 0 Å². The van der Waals surface area contributed by atoms with Gasteiger partial charge in [-0.05, 0) is 62.0 Å². The summed E-state index contributed by atoms with van der Waals surface area (Å²) in [6.07, 6.45) is 9.32. The van der Waals surface area contributed by atoms with E-state index in [1.165, 1.54) is 34.4 Å². The van der Waals surface area contributed by atoms with Crippen LogP contribution in [0.5, 0.6) is 0 Å². The Morgan fingerprint density at radius 2 is 2.18 bits per heavy atom. The topological polar surface area (TPSA) is 54.7 Å². The number of H-pyrrole nitrogens is 1. The van der Waals surface area contributed by atoms with Gasteiger partial charge in [0.2, 0.25) is 0 Å². The summed E-state index contributed by atoms with van der Waals surface area (Å²) in [5.41, 5.74) is 13.5. The number of nitrogen functional groups attached to an aromatic ring is 1. The molecule has 1 aromatic heterocycles. The Morgan fingerprint density at radius 3 is 2.91 bits per heavy atom. The summed E-state index contributed by atoms with van der Waals surface area (Å²) in [5.74, 6) is 0.305. The van der Waals surface area contributed by atoms with Gasteiger partial charge in [-0.3, -0.25) is 0 Å². The highest BCUT2D eigenvalue weighted by atomic mass is 14.9. The molecule has 0 aliphatic heterocycles. The molecule has 1 heterocycles. The van der Waals surface area contributed by atoms with E-state index >= 15 is 0 Å². The summed E-state index contributed by atoms with van der Waals surface area (Å²) in [7, 11) is 0. The molecular formula is C19H23N3. The number of rotatable bonds is 4. The highest BCUT2D eigenvalue weighted by Gasteiger charge is 2.22. The van der Waals surface area contributed by atoms with Crippen molar-refractivity contribution in [2.45, 2.75) is 39.0 Å². The Kier molecular flexibility index (Phi) is 4.14. The lowest BCUT2D eigenvalue weighted by molar-refractivity contribution is 0.744. The molecule has 3 N–H and O–H groups in total. The van der Waals surface area contributed by atoms with Crippen LogP contribution in [0.25, 0.3) is 0 Å². The lowest BCUT2D eigenvalue weighted by atomic mass is 9.80. The normalized spacial score (nSPS) is 16.5. The molecule has 0 bridgehead atoms. The molecule has 1 aliphatic carbocycles. The van der Waals surface area contributed by atoms with Crippen LogP contribution in [0.15, 0.2) is 59.6 Å². The monoisotopic (exact) mass is 293 g/mol. The number of nitrogens with two attached hydrogens (primary N) is 1. The van der Waals surface area contributed by atoms with Crippen LogP contribution in [0.3, 0.4) is 0 Å². The first-order valence-corrected chi connectivity index (χ1v) is 7.84. The molecule has 3 rings (SSSR count). The van der Waals surface area contributed by atoms with Gasteiger partial charge in [0, 0.05) is 23.5 Å². The number of allylic oxidation sites excluding steroid dienone is 4. The van der Waals surface area contributed by atoms with E-state index in [0.717, 1.165) is 18.5 Å². The third-order valence-corrected chi connectivity index (χ3v) is 4.62. The molecular weight excluding hydrogens is 270 g/mol. The molecule has 0 fully saturated rings. The molecule has 2 aromatic rings. The first kappa shape index (κ1) is 14.6. The van der Waals surface area contributed by atoms with Gasteiger partial charge in [-0.1, -0.05) is 23.8 Å². The second-order valence-electron chi connectivity index (χ2n) is 6.11. The van der Waals surface area contributed by atoms with Gasteiger partial charge in [0.15, 0.2) is 0 Å². The van der Waals surface area contributed by atoms with Crippen LogP contribution in [-0.4, -0.2) is 9.97 Å². The minimum Gasteiger partial charge on any atom is -0.399 e. The van der Waals surface area contributed by atoms with Gasteiger partial charge in [-0.25, -0.2) is 4.98 Å². The second-order valence-corrected chi connectivity index (χ2v) is 6.11. The zero-order valence-electron chi connectivity index (χ0n) is 13.3. The molecule has 0 radical (unpaired) electrons. The molecule has 0 saturated carbocycles. The summed E-state index contributed by atoms with van der Waals surface area (Å²) in [6.45, 7) is 4.48. The Labute approximate surface area is 132 Å². The number of aromatic amines is 1. The van der Waals surface area contributed by atoms with Gasteiger partial charge < -0.3 is 10.7 Å². The minimum atomic E-state index is 0.305. The number of hydrogen-bond donors (Lipinski definition) is 2. The molecule has 1 unspecified atom stereocenters. The molecule has 0 saturated heterocycles. The Bertz CT molecular complexity index is 708. The summed E-state index contributed by atoms with van der Waals surface area (Å²) in [4.78, 5) is 7.52. The van der Waals surface area contributed by atoms with E-state index in [0.29, 0.717) is 5.92 Å². The van der Waals surface area contributed by atoms with Crippen molar-refractivity contribution in [3.05, 3.63) is 70.8 Å². The molecule has 3 heteroatoms. The van der Waals surface area contributed by atoms with Crippen LogP contribution in [0.2, 0.25) is 0 Å². The maximum atomic E-state index is 5.94. The van der Waals surface area contributed by atoms with Crippen molar-refractivity contribution in [3.63, 3.8) is 0 Å². The van der Waals surface area contributed by atoms with Crippen LogP contribution >= 0.6 is 0 Å². The molecule has 1 aromatic carbocycles. The van der Waals surface area contributed by atoms with Gasteiger partial charge in [0.1, 0.15) is 0 Å². The maximum absolute atomic E-state index is 5.94. The summed E-state index contributed by atoms with van der Waals surface area (Å²) in [6, 6.07) is 8.18. The lowest BCUT2D eigenvalue weighted by Gasteiger charge is -2.25. The molecule has 1 atom stereocenters. The average molecular weight is 293 g/mol. The second kappa shape index (κ2) is 6.22. The van der Waals surface area contributed by atoms with Gasteiger partial charge >= 0.3 is 0 Å². The number of benzene rings is 1. The van der Waals surface area contributed by atoms with Crippen molar-refractivity contribution in [2.24, 2.45) is 0 Å². The minimum absolute atomic E-state index is 0.305. The van der Waals surface area contributed by atoms with Crippen molar-refractivity contribution in [3.8, 4) is 0 Å². The highest BCUT2D eigenvalue weighted by Crippen LogP contribution is 2.36. The Hall–Kier alpha value is -2.29. The predicted octanol–water partition coefficient (Wildman–Crippen LogP) is 4.37. The van der Waals surface area contributed by atoms with Crippen molar-refractivity contribution in [1.29, 1.82) is 0 Å². The van der Waals surface area contributed by atoms with E-state index in [-0.39, 0.29) is 0 Å². The number of aromatic nitrogens is 2. The smallest absolute Gasteiger partial charge is 0.0921 e. The molecule has 0 amide bonds. The molecule has 1 aliphatic rings. The summed E-state index contributed by atoms with van der Waals surface area (Å²) < 4.78 is 0. The molecule has 114 valence electrons. The number of nitrogens with zero attached hydrogens (tertiary/aromatic N) is 1. The van der Waals surface area contributed by atoms with Crippen molar-refractivity contribution >= 4 is 5.69 Å². The van der Waals surface area contributed by atoms with Gasteiger partial charge in [0.05, 0.1) is 6.33 Å². The van der Waals surface area contributed by atoms with E-state index in [1.54, 1.807) is 6.33 Å². The van der Waals surface area contributed by atoms with Crippen LogP contribution in [0, 0.1) is 0 Å². The van der Waals surface area contributed by atoms with Crippen molar-refractivity contribution < 1.29 is 0 Å². The van der Waals surface area contributed by atoms with E-state index in [2.05, 4.69) is 42.0 Å². The fraction of sp³-hybridized carbons (Fsp3) is 0.316. The zero-order valence-corrected chi connectivity index (χ0v) is 13.3. The lowest BCUT2D eigenvalue weighted by Crippen LogP contribution is -2.11. The quantitative estimate of drug-likeness (QED) is 0.822. The average Bonchev–Trinajstić information content (AvgIpc) is 3.02. The third-order valence-electron chi connectivity index (χ3n) is 4.62. The Morgan fingerprint density at radius 1 is 1.32 bits per heavy atom. The van der Waals surface area contributed by atoms with Gasteiger partial charge in [0.25, 0.3) is 0 Å². The first-order valence-electron chi connectivity index (χ1n) is 7.84. The number of hydrogen-bond acceptors (Lipinski definition) is 2. The fourth-order valence-corrected chi connectivity index (χ4v) is 3.24. The maximum Gasteiger partial charge on any atom is 0.0921 e. The number of anilines is 1. The van der Waals surface area contributed by atoms with E-state index in [4.69, 9.17) is 5.73 Å². The molecule has 3 nitrogen and oxygen atoms in total. The SMILES string of the molecule is CC1=C(C)C(C(Cc2cccc(N)c2)c2cnc[nH]2)=CCC1. The van der Waals surface area contributed by atoms with E-state index < -0.39 is 0 Å². The first-order chi connectivity index (χ1) is 10.6. The van der Waals surface area contributed by atoms with Crippen molar-refractivity contribution in [2.75, 3.05) is 5.73 Å². The third kappa shape index (κ3) is 2.98. The predicted molar refractivity (Wildman–Crippen MR) is 91.6 cm³/mol. The zero-order chi connectivity index (χ0) is 15.5. The van der Waals surface area contributed by atoms with E-state index in [1.807, 2.05) is 18.3 Å². The largest absolute Gasteiger partial charge is 0.399 e.